The molecular formula is C20H19N3O2S. The summed E-state index contributed by atoms with van der Waals surface area (Å²) in [5.74, 6) is -0.941. The first-order chi connectivity index (χ1) is 12.4. The van der Waals surface area contributed by atoms with E-state index in [2.05, 4.69) is 48.4 Å². The van der Waals surface area contributed by atoms with Crippen molar-refractivity contribution >= 4 is 28.7 Å². The number of aryl methyl sites for hydroxylation is 3. The minimum absolute atomic E-state index is 0.253. The first-order valence-corrected chi connectivity index (χ1v) is 8.98. The molecule has 1 aromatic heterocycles. The van der Waals surface area contributed by atoms with Crippen LogP contribution in [-0.4, -0.2) is 22.3 Å². The zero-order valence-corrected chi connectivity index (χ0v) is 15.6. The third kappa shape index (κ3) is 3.97. The van der Waals surface area contributed by atoms with Crippen molar-refractivity contribution < 1.29 is 9.90 Å². The lowest BCUT2D eigenvalue weighted by molar-refractivity contribution is 0.0697. The van der Waals surface area contributed by atoms with Crippen molar-refractivity contribution in [1.29, 1.82) is 0 Å². The van der Waals surface area contributed by atoms with Crippen LogP contribution in [0.5, 0.6) is 0 Å². The Hall–Kier alpha value is -2.99. The van der Waals surface area contributed by atoms with Crippen LogP contribution in [-0.2, 0) is 0 Å². The van der Waals surface area contributed by atoms with Crippen molar-refractivity contribution in [2.75, 3.05) is 5.43 Å². The lowest BCUT2D eigenvalue weighted by atomic mass is 9.98. The second-order valence-electron chi connectivity index (χ2n) is 6.11. The Kier molecular flexibility index (Phi) is 5.14. The van der Waals surface area contributed by atoms with Gasteiger partial charge in [-0.2, -0.15) is 5.10 Å². The number of benzene rings is 2. The number of nitrogens with zero attached hydrogens (tertiary/aromatic N) is 2. The molecule has 0 fully saturated rings. The minimum Gasteiger partial charge on any atom is -0.478 e. The molecule has 1 heterocycles. The lowest BCUT2D eigenvalue weighted by Gasteiger charge is -2.08. The van der Waals surface area contributed by atoms with E-state index in [4.69, 9.17) is 5.11 Å². The fourth-order valence-electron chi connectivity index (χ4n) is 2.90. The summed E-state index contributed by atoms with van der Waals surface area (Å²) in [6, 6.07) is 10.8. The molecule has 0 spiro atoms. The van der Waals surface area contributed by atoms with Gasteiger partial charge in [0.15, 0.2) is 0 Å². The Morgan fingerprint density at radius 3 is 2.42 bits per heavy atom. The van der Waals surface area contributed by atoms with E-state index in [1.807, 2.05) is 5.38 Å². The van der Waals surface area contributed by atoms with E-state index in [-0.39, 0.29) is 5.56 Å². The van der Waals surface area contributed by atoms with Crippen LogP contribution in [0.25, 0.3) is 11.3 Å². The van der Waals surface area contributed by atoms with Crippen molar-refractivity contribution in [2.45, 2.75) is 20.8 Å². The molecule has 5 nitrogen and oxygen atoms in total. The molecule has 0 unspecified atom stereocenters. The molecule has 3 rings (SSSR count). The van der Waals surface area contributed by atoms with Gasteiger partial charge in [-0.15, -0.1) is 11.3 Å². The van der Waals surface area contributed by atoms with Crippen LogP contribution in [0.4, 0.5) is 5.13 Å². The van der Waals surface area contributed by atoms with Gasteiger partial charge in [0.25, 0.3) is 0 Å². The number of anilines is 1. The van der Waals surface area contributed by atoms with Gasteiger partial charge in [0.2, 0.25) is 5.13 Å². The molecule has 132 valence electrons. The summed E-state index contributed by atoms with van der Waals surface area (Å²) in [5.41, 5.74) is 9.76. The minimum atomic E-state index is -0.941. The van der Waals surface area contributed by atoms with E-state index < -0.39 is 5.97 Å². The van der Waals surface area contributed by atoms with Crippen LogP contribution in [0.3, 0.4) is 0 Å². The molecule has 0 atom stereocenters. The number of hydrogen-bond acceptors (Lipinski definition) is 5. The van der Waals surface area contributed by atoms with Gasteiger partial charge in [0, 0.05) is 10.9 Å². The van der Waals surface area contributed by atoms with Gasteiger partial charge in [-0.1, -0.05) is 29.8 Å². The summed E-state index contributed by atoms with van der Waals surface area (Å²) in [4.78, 5) is 15.5. The van der Waals surface area contributed by atoms with Crippen molar-refractivity contribution in [3.63, 3.8) is 0 Å². The number of hydrazone groups is 1. The van der Waals surface area contributed by atoms with E-state index in [1.54, 1.807) is 30.5 Å². The third-order valence-electron chi connectivity index (χ3n) is 3.97. The number of hydrogen-bond donors (Lipinski definition) is 2. The van der Waals surface area contributed by atoms with Crippen LogP contribution in [0.2, 0.25) is 0 Å². The molecule has 0 bridgehead atoms. The summed E-state index contributed by atoms with van der Waals surface area (Å²) in [6.45, 7) is 6.29. The molecule has 2 N–H and O–H groups in total. The molecule has 0 radical (unpaired) electrons. The highest BCUT2D eigenvalue weighted by molar-refractivity contribution is 7.14. The highest BCUT2D eigenvalue weighted by atomic mass is 32.1. The van der Waals surface area contributed by atoms with E-state index >= 15 is 0 Å². The lowest BCUT2D eigenvalue weighted by Crippen LogP contribution is -1.96. The molecule has 26 heavy (non-hydrogen) atoms. The van der Waals surface area contributed by atoms with Crippen LogP contribution in [0.15, 0.2) is 46.9 Å². The fraction of sp³-hybridized carbons (Fsp3) is 0.150. The highest BCUT2D eigenvalue weighted by Crippen LogP contribution is 2.30. The number of aromatic carboxylic acids is 1. The molecule has 0 amide bonds. The Labute approximate surface area is 156 Å². The van der Waals surface area contributed by atoms with Crippen molar-refractivity contribution in [2.24, 2.45) is 5.10 Å². The van der Waals surface area contributed by atoms with Gasteiger partial charge >= 0.3 is 5.97 Å². The molecule has 0 aliphatic rings. The maximum atomic E-state index is 10.8. The van der Waals surface area contributed by atoms with Crippen LogP contribution >= 0.6 is 11.3 Å². The Morgan fingerprint density at radius 2 is 1.81 bits per heavy atom. The van der Waals surface area contributed by atoms with E-state index in [9.17, 15) is 4.79 Å². The van der Waals surface area contributed by atoms with Crippen molar-refractivity contribution in [3.8, 4) is 11.3 Å². The standard InChI is InChI=1S/C20H19N3O2S/c1-12-8-13(2)18(14(3)9-12)17-11-26-20(22-17)23-21-10-15-4-6-16(7-5-15)19(24)25/h4-11H,1-3H3,(H,22,23)(H,24,25)/b21-10-. The van der Waals surface area contributed by atoms with E-state index in [0.29, 0.717) is 5.13 Å². The van der Waals surface area contributed by atoms with Gasteiger partial charge in [-0.05, 0) is 49.6 Å². The van der Waals surface area contributed by atoms with Gasteiger partial charge in [0.05, 0.1) is 17.5 Å². The van der Waals surface area contributed by atoms with Crippen molar-refractivity contribution in [1.82, 2.24) is 4.98 Å². The second-order valence-corrected chi connectivity index (χ2v) is 6.97. The number of thiazole rings is 1. The van der Waals surface area contributed by atoms with Gasteiger partial charge in [0.1, 0.15) is 0 Å². The van der Waals surface area contributed by atoms with E-state index in [0.717, 1.165) is 16.8 Å². The number of nitrogens with one attached hydrogen (secondary N) is 1. The van der Waals surface area contributed by atoms with Gasteiger partial charge < -0.3 is 5.11 Å². The third-order valence-corrected chi connectivity index (χ3v) is 4.72. The quantitative estimate of drug-likeness (QED) is 0.499. The molecule has 3 aromatic rings. The predicted octanol–water partition coefficient (Wildman–Crippen LogP) is 4.88. The van der Waals surface area contributed by atoms with Gasteiger partial charge in [-0.25, -0.2) is 9.78 Å². The second kappa shape index (κ2) is 7.49. The van der Waals surface area contributed by atoms with E-state index in [1.165, 1.54) is 28.0 Å². The highest BCUT2D eigenvalue weighted by Gasteiger charge is 2.10. The van der Waals surface area contributed by atoms with Crippen LogP contribution in [0.1, 0.15) is 32.6 Å². The number of carboxylic acid groups (broad SMARTS) is 1. The topological polar surface area (TPSA) is 74.6 Å². The summed E-state index contributed by atoms with van der Waals surface area (Å²) < 4.78 is 0. The first-order valence-electron chi connectivity index (χ1n) is 8.10. The Morgan fingerprint density at radius 1 is 1.15 bits per heavy atom. The summed E-state index contributed by atoms with van der Waals surface area (Å²) >= 11 is 1.49. The van der Waals surface area contributed by atoms with Crippen LogP contribution < -0.4 is 5.43 Å². The number of aromatic nitrogens is 1. The normalized spacial score (nSPS) is 11.0. The molecular weight excluding hydrogens is 346 g/mol. The van der Waals surface area contributed by atoms with Gasteiger partial charge in [-0.3, -0.25) is 5.43 Å². The SMILES string of the molecule is Cc1cc(C)c(-c2csc(N/N=C\c3ccc(C(=O)O)cc3)n2)c(C)c1. The smallest absolute Gasteiger partial charge is 0.335 e. The van der Waals surface area contributed by atoms with Crippen LogP contribution in [0, 0.1) is 20.8 Å². The number of carbonyl (C=O) groups is 1. The van der Waals surface area contributed by atoms with Crippen molar-refractivity contribution in [3.05, 3.63) is 69.6 Å². The Bertz CT molecular complexity index is 952. The largest absolute Gasteiger partial charge is 0.478 e. The fourth-order valence-corrected chi connectivity index (χ4v) is 3.55. The zero-order chi connectivity index (χ0) is 18.7. The summed E-state index contributed by atoms with van der Waals surface area (Å²) in [5, 5.41) is 15.8. The predicted molar refractivity (Wildman–Crippen MR) is 106 cm³/mol. The number of rotatable bonds is 5. The maximum Gasteiger partial charge on any atom is 0.335 e. The molecule has 6 heteroatoms. The molecule has 0 aliphatic carbocycles. The number of carboxylic acids is 1. The molecule has 0 aliphatic heterocycles. The Balaban J connectivity index is 1.72. The monoisotopic (exact) mass is 365 g/mol. The summed E-state index contributed by atoms with van der Waals surface area (Å²) in [7, 11) is 0. The average molecular weight is 365 g/mol. The molecule has 2 aromatic carbocycles. The maximum absolute atomic E-state index is 10.8. The summed E-state index contributed by atoms with van der Waals surface area (Å²) in [6.07, 6.45) is 1.63. The molecule has 0 saturated heterocycles. The molecule has 0 saturated carbocycles. The first kappa shape index (κ1) is 17.8. The zero-order valence-electron chi connectivity index (χ0n) is 14.8. The average Bonchev–Trinajstić information content (AvgIpc) is 3.03.